The molecule has 0 fully saturated rings. The molecule has 2 rings (SSSR count). The summed E-state index contributed by atoms with van der Waals surface area (Å²) < 4.78 is 5.20. The van der Waals surface area contributed by atoms with Gasteiger partial charge in [-0.2, -0.15) is 0 Å². The summed E-state index contributed by atoms with van der Waals surface area (Å²) in [6.45, 7) is 1.67. The predicted octanol–water partition coefficient (Wildman–Crippen LogP) is 2.08. The van der Waals surface area contributed by atoms with E-state index in [1.165, 1.54) is 11.1 Å². The molecule has 2 heteroatoms. The SMILES string of the molecule is COc1cccc2c1C[N-]C2. The van der Waals surface area contributed by atoms with Crippen LogP contribution in [0.1, 0.15) is 11.1 Å². The number of nitrogens with zero attached hydrogens (tertiary/aromatic N) is 1. The monoisotopic (exact) mass is 148 g/mol. The van der Waals surface area contributed by atoms with Crippen molar-refractivity contribution >= 4 is 0 Å². The Hall–Kier alpha value is -1.02. The van der Waals surface area contributed by atoms with E-state index in [0.717, 1.165) is 18.8 Å². The highest BCUT2D eigenvalue weighted by molar-refractivity contribution is 5.45. The highest BCUT2D eigenvalue weighted by atomic mass is 16.5. The molecule has 0 radical (unpaired) electrons. The van der Waals surface area contributed by atoms with Crippen LogP contribution in [0, 0.1) is 0 Å². The second kappa shape index (κ2) is 2.55. The lowest BCUT2D eigenvalue weighted by Crippen LogP contribution is -1.89. The van der Waals surface area contributed by atoms with Crippen LogP contribution in [0.25, 0.3) is 5.32 Å². The van der Waals surface area contributed by atoms with Crippen molar-refractivity contribution in [3.63, 3.8) is 0 Å². The quantitative estimate of drug-likeness (QED) is 0.598. The Morgan fingerprint density at radius 3 is 3.09 bits per heavy atom. The summed E-state index contributed by atoms with van der Waals surface area (Å²) >= 11 is 0. The van der Waals surface area contributed by atoms with Crippen molar-refractivity contribution in [1.82, 2.24) is 0 Å². The molecule has 0 saturated carbocycles. The molecule has 0 aromatic heterocycles. The van der Waals surface area contributed by atoms with Gasteiger partial charge in [-0.3, -0.25) is 0 Å². The number of rotatable bonds is 1. The smallest absolute Gasteiger partial charge is 0.120 e. The first-order chi connectivity index (χ1) is 5.42. The first-order valence-corrected chi connectivity index (χ1v) is 3.70. The van der Waals surface area contributed by atoms with Gasteiger partial charge in [0.15, 0.2) is 0 Å². The summed E-state index contributed by atoms with van der Waals surface area (Å²) in [7, 11) is 1.70. The third-order valence-electron chi connectivity index (χ3n) is 2.00. The van der Waals surface area contributed by atoms with Crippen molar-refractivity contribution in [2.45, 2.75) is 13.1 Å². The molecule has 0 atom stereocenters. The van der Waals surface area contributed by atoms with Gasteiger partial charge in [0.05, 0.1) is 7.11 Å². The van der Waals surface area contributed by atoms with Crippen molar-refractivity contribution in [2.75, 3.05) is 7.11 Å². The third kappa shape index (κ3) is 0.994. The zero-order valence-corrected chi connectivity index (χ0v) is 6.50. The van der Waals surface area contributed by atoms with Crippen molar-refractivity contribution in [1.29, 1.82) is 0 Å². The van der Waals surface area contributed by atoms with Gasteiger partial charge in [0.1, 0.15) is 5.75 Å². The average Bonchev–Trinajstić information content (AvgIpc) is 2.50. The molecule has 0 amide bonds. The topological polar surface area (TPSA) is 23.3 Å². The molecule has 11 heavy (non-hydrogen) atoms. The highest BCUT2D eigenvalue weighted by Crippen LogP contribution is 2.31. The minimum absolute atomic E-state index is 0.819. The maximum absolute atomic E-state index is 5.20. The zero-order chi connectivity index (χ0) is 7.68. The van der Waals surface area contributed by atoms with Crippen LogP contribution in [0.5, 0.6) is 5.75 Å². The molecular formula is C9H10NO-. The molecule has 1 aromatic rings. The molecule has 0 N–H and O–H groups in total. The molecule has 1 aliphatic rings. The minimum Gasteiger partial charge on any atom is -0.655 e. The van der Waals surface area contributed by atoms with Gasteiger partial charge in [-0.25, -0.2) is 0 Å². The number of hydrogen-bond donors (Lipinski definition) is 0. The summed E-state index contributed by atoms with van der Waals surface area (Å²) in [6, 6.07) is 6.10. The van der Waals surface area contributed by atoms with Crippen LogP contribution in [-0.4, -0.2) is 7.11 Å². The summed E-state index contributed by atoms with van der Waals surface area (Å²) in [5.41, 5.74) is 2.57. The summed E-state index contributed by atoms with van der Waals surface area (Å²) in [5.74, 6) is 0.976. The fourth-order valence-electron chi connectivity index (χ4n) is 1.42. The van der Waals surface area contributed by atoms with Gasteiger partial charge < -0.3 is 10.1 Å². The van der Waals surface area contributed by atoms with Gasteiger partial charge in [-0.1, -0.05) is 17.7 Å². The van der Waals surface area contributed by atoms with Crippen molar-refractivity contribution in [3.8, 4) is 5.75 Å². The molecular weight excluding hydrogens is 138 g/mol. The number of methoxy groups -OCH3 is 1. The molecule has 0 bridgehead atoms. The normalized spacial score (nSPS) is 14.6. The lowest BCUT2D eigenvalue weighted by Gasteiger charge is -2.07. The summed E-state index contributed by atoms with van der Waals surface area (Å²) in [4.78, 5) is 0. The van der Waals surface area contributed by atoms with Crippen LogP contribution in [0.2, 0.25) is 0 Å². The summed E-state index contributed by atoms with van der Waals surface area (Å²) in [6.07, 6.45) is 0. The third-order valence-corrected chi connectivity index (χ3v) is 2.00. The minimum atomic E-state index is 0.819. The average molecular weight is 148 g/mol. The van der Waals surface area contributed by atoms with Crippen LogP contribution >= 0.6 is 0 Å². The van der Waals surface area contributed by atoms with Gasteiger partial charge in [0, 0.05) is 0 Å². The van der Waals surface area contributed by atoms with Crippen LogP contribution in [-0.2, 0) is 13.1 Å². The maximum Gasteiger partial charge on any atom is 0.120 e. The van der Waals surface area contributed by atoms with E-state index in [2.05, 4.69) is 11.4 Å². The summed E-state index contributed by atoms with van der Waals surface area (Å²) in [5, 5.41) is 4.28. The zero-order valence-electron chi connectivity index (χ0n) is 6.50. The number of benzene rings is 1. The van der Waals surface area contributed by atoms with E-state index in [9.17, 15) is 0 Å². The standard InChI is InChI=1S/C9H10NO/c1-11-9-4-2-3-7-5-10-6-8(7)9/h2-4H,5-6H2,1H3/q-1. The van der Waals surface area contributed by atoms with Crippen LogP contribution < -0.4 is 4.74 Å². The van der Waals surface area contributed by atoms with Crippen molar-refractivity contribution < 1.29 is 4.74 Å². The second-order valence-corrected chi connectivity index (χ2v) is 2.64. The Labute approximate surface area is 66.2 Å². The van der Waals surface area contributed by atoms with Crippen LogP contribution in [0.4, 0.5) is 0 Å². The van der Waals surface area contributed by atoms with Crippen LogP contribution in [0.15, 0.2) is 18.2 Å². The Kier molecular flexibility index (Phi) is 1.55. The molecule has 0 saturated heterocycles. The van der Waals surface area contributed by atoms with Gasteiger partial charge in [-0.05, 0) is 11.6 Å². The van der Waals surface area contributed by atoms with Gasteiger partial charge in [-0.15, -0.1) is 13.1 Å². The van der Waals surface area contributed by atoms with Gasteiger partial charge in [0.2, 0.25) is 0 Å². The molecule has 0 unspecified atom stereocenters. The molecule has 1 aliphatic heterocycles. The van der Waals surface area contributed by atoms with E-state index in [1.807, 2.05) is 12.1 Å². The Balaban J connectivity index is 2.50. The maximum atomic E-state index is 5.20. The predicted molar refractivity (Wildman–Crippen MR) is 43.8 cm³/mol. The van der Waals surface area contributed by atoms with Crippen LogP contribution in [0.3, 0.4) is 0 Å². The van der Waals surface area contributed by atoms with E-state index in [1.54, 1.807) is 7.11 Å². The lowest BCUT2D eigenvalue weighted by molar-refractivity contribution is 0.411. The van der Waals surface area contributed by atoms with E-state index in [-0.39, 0.29) is 0 Å². The van der Waals surface area contributed by atoms with E-state index in [4.69, 9.17) is 4.74 Å². The van der Waals surface area contributed by atoms with Crippen molar-refractivity contribution in [2.24, 2.45) is 0 Å². The van der Waals surface area contributed by atoms with Crippen molar-refractivity contribution in [3.05, 3.63) is 34.6 Å². The first-order valence-electron chi connectivity index (χ1n) is 3.70. The second-order valence-electron chi connectivity index (χ2n) is 2.64. The van der Waals surface area contributed by atoms with Gasteiger partial charge >= 0.3 is 0 Å². The molecule has 0 aliphatic carbocycles. The molecule has 2 nitrogen and oxygen atoms in total. The number of fused-ring (bicyclic) bond motifs is 1. The Morgan fingerprint density at radius 2 is 2.27 bits per heavy atom. The van der Waals surface area contributed by atoms with Gasteiger partial charge in [0.25, 0.3) is 0 Å². The Morgan fingerprint density at radius 1 is 1.36 bits per heavy atom. The molecule has 0 spiro atoms. The fourth-order valence-corrected chi connectivity index (χ4v) is 1.42. The molecule has 1 aromatic carbocycles. The largest absolute Gasteiger partial charge is 0.655 e. The fraction of sp³-hybridized carbons (Fsp3) is 0.333. The number of ether oxygens (including phenoxy) is 1. The lowest BCUT2D eigenvalue weighted by atomic mass is 10.1. The van der Waals surface area contributed by atoms with E-state index >= 15 is 0 Å². The highest BCUT2D eigenvalue weighted by Gasteiger charge is 2.06. The Bertz CT molecular complexity index is 270. The van der Waals surface area contributed by atoms with E-state index < -0.39 is 0 Å². The first kappa shape index (κ1) is 6.68. The molecule has 58 valence electrons. The molecule has 1 heterocycles. The number of hydrogen-bond acceptors (Lipinski definition) is 1. The van der Waals surface area contributed by atoms with E-state index in [0.29, 0.717) is 0 Å².